The first-order valence-electron chi connectivity index (χ1n) is 4.77. The average Bonchev–Trinajstić information content (AvgIpc) is 2.98. The molecule has 0 N–H and O–H groups in total. The number of aryl methyl sites for hydroxylation is 1. The molecule has 1 saturated heterocycles. The van der Waals surface area contributed by atoms with Crippen molar-refractivity contribution in [1.29, 1.82) is 0 Å². The number of ketones is 1. The summed E-state index contributed by atoms with van der Waals surface area (Å²) >= 11 is 0. The Morgan fingerprint density at radius 1 is 1.53 bits per heavy atom. The van der Waals surface area contributed by atoms with Gasteiger partial charge >= 0.3 is 0 Å². The zero-order valence-electron chi connectivity index (χ0n) is 8.19. The topological polar surface area (TPSA) is 55.6 Å². The fourth-order valence-corrected chi connectivity index (χ4v) is 1.58. The number of Topliss-reactive ketones (excluding diaryl/α,β-unsaturated/α-hetero) is 1. The SMILES string of the molecule is Cc1nc2ccc(C(=O)C3CO3)cc2o1. The van der Waals surface area contributed by atoms with Crippen LogP contribution in [0.1, 0.15) is 16.2 Å². The minimum absolute atomic E-state index is 0.0194. The number of carbonyl (C=O) groups excluding carboxylic acids is 1. The maximum atomic E-state index is 11.7. The van der Waals surface area contributed by atoms with E-state index < -0.39 is 0 Å². The van der Waals surface area contributed by atoms with Crippen molar-refractivity contribution in [2.45, 2.75) is 13.0 Å². The molecular formula is C11H9NO3. The highest BCUT2D eigenvalue weighted by Crippen LogP contribution is 2.21. The monoisotopic (exact) mass is 203 g/mol. The second kappa shape index (κ2) is 2.90. The molecule has 15 heavy (non-hydrogen) atoms. The quantitative estimate of drug-likeness (QED) is 0.550. The number of ether oxygens (including phenoxy) is 1. The van der Waals surface area contributed by atoms with E-state index in [1.165, 1.54) is 0 Å². The Balaban J connectivity index is 2.08. The first kappa shape index (κ1) is 8.61. The number of oxazole rings is 1. The van der Waals surface area contributed by atoms with E-state index >= 15 is 0 Å². The van der Waals surface area contributed by atoms with Gasteiger partial charge in [-0.15, -0.1) is 0 Å². The number of aromatic nitrogens is 1. The lowest BCUT2D eigenvalue weighted by molar-refractivity contribution is 0.0953. The zero-order chi connectivity index (χ0) is 10.4. The number of nitrogens with zero attached hydrogens (tertiary/aromatic N) is 1. The predicted octanol–water partition coefficient (Wildman–Crippen LogP) is 1.72. The van der Waals surface area contributed by atoms with Crippen molar-refractivity contribution in [3.8, 4) is 0 Å². The van der Waals surface area contributed by atoms with Crippen LogP contribution in [0.4, 0.5) is 0 Å². The molecule has 76 valence electrons. The zero-order valence-corrected chi connectivity index (χ0v) is 8.19. The van der Waals surface area contributed by atoms with Crippen molar-refractivity contribution >= 4 is 16.9 Å². The smallest absolute Gasteiger partial charge is 0.194 e. The van der Waals surface area contributed by atoms with Crippen LogP contribution in [0, 0.1) is 6.92 Å². The number of fused-ring (bicyclic) bond motifs is 1. The fraction of sp³-hybridized carbons (Fsp3) is 0.273. The summed E-state index contributed by atoms with van der Waals surface area (Å²) in [5, 5.41) is 0. The number of benzene rings is 1. The van der Waals surface area contributed by atoms with Gasteiger partial charge in [-0.3, -0.25) is 4.79 Å². The van der Waals surface area contributed by atoms with Crippen molar-refractivity contribution < 1.29 is 13.9 Å². The molecule has 4 nitrogen and oxygen atoms in total. The molecule has 2 aromatic rings. The molecule has 1 unspecified atom stereocenters. The van der Waals surface area contributed by atoms with Crippen molar-refractivity contribution in [3.63, 3.8) is 0 Å². The molecule has 0 spiro atoms. The Hall–Kier alpha value is -1.68. The Morgan fingerprint density at radius 3 is 3.07 bits per heavy atom. The lowest BCUT2D eigenvalue weighted by Gasteiger charge is -1.95. The number of carbonyl (C=O) groups is 1. The molecule has 0 radical (unpaired) electrons. The van der Waals surface area contributed by atoms with Gasteiger partial charge in [0.15, 0.2) is 17.3 Å². The second-order valence-corrected chi connectivity index (χ2v) is 3.60. The molecule has 1 atom stereocenters. The summed E-state index contributed by atoms with van der Waals surface area (Å²) in [4.78, 5) is 15.8. The van der Waals surface area contributed by atoms with Crippen LogP contribution in [-0.4, -0.2) is 23.5 Å². The standard InChI is InChI=1S/C11H9NO3/c1-6-12-8-3-2-7(4-9(8)15-6)11(13)10-5-14-10/h2-4,10H,5H2,1H3. The van der Waals surface area contributed by atoms with E-state index in [0.717, 1.165) is 5.52 Å². The predicted molar refractivity (Wildman–Crippen MR) is 52.8 cm³/mol. The van der Waals surface area contributed by atoms with Gasteiger partial charge in [0.2, 0.25) is 0 Å². The molecule has 0 aliphatic carbocycles. The van der Waals surface area contributed by atoms with E-state index in [0.29, 0.717) is 23.6 Å². The van der Waals surface area contributed by atoms with Gasteiger partial charge in [-0.2, -0.15) is 0 Å². The maximum Gasteiger partial charge on any atom is 0.194 e. The molecule has 0 bridgehead atoms. The fourth-order valence-electron chi connectivity index (χ4n) is 1.58. The highest BCUT2D eigenvalue weighted by atomic mass is 16.6. The van der Waals surface area contributed by atoms with E-state index in [1.807, 2.05) is 0 Å². The number of epoxide rings is 1. The van der Waals surface area contributed by atoms with Crippen LogP contribution in [0.2, 0.25) is 0 Å². The first-order valence-corrected chi connectivity index (χ1v) is 4.77. The van der Waals surface area contributed by atoms with Gasteiger partial charge < -0.3 is 9.15 Å². The maximum absolute atomic E-state index is 11.7. The summed E-state index contributed by atoms with van der Waals surface area (Å²) in [6, 6.07) is 5.27. The normalized spacial score (nSPS) is 19.4. The molecule has 1 aromatic carbocycles. The van der Waals surface area contributed by atoms with Crippen molar-refractivity contribution in [2.75, 3.05) is 6.61 Å². The van der Waals surface area contributed by atoms with Crippen molar-refractivity contribution in [3.05, 3.63) is 29.7 Å². The van der Waals surface area contributed by atoms with Crippen LogP contribution in [0.25, 0.3) is 11.1 Å². The van der Waals surface area contributed by atoms with Gasteiger partial charge in [-0.1, -0.05) is 0 Å². The van der Waals surface area contributed by atoms with Crippen LogP contribution >= 0.6 is 0 Å². The summed E-state index contributed by atoms with van der Waals surface area (Å²) in [5.41, 5.74) is 2.06. The van der Waals surface area contributed by atoms with E-state index in [4.69, 9.17) is 9.15 Å². The highest BCUT2D eigenvalue weighted by molar-refractivity contribution is 6.02. The Morgan fingerprint density at radius 2 is 2.33 bits per heavy atom. The minimum atomic E-state index is -0.244. The molecule has 4 heteroatoms. The van der Waals surface area contributed by atoms with E-state index in [1.54, 1.807) is 25.1 Å². The summed E-state index contributed by atoms with van der Waals surface area (Å²) in [5.74, 6) is 0.628. The van der Waals surface area contributed by atoms with Crippen molar-refractivity contribution in [2.24, 2.45) is 0 Å². The molecule has 0 amide bonds. The summed E-state index contributed by atoms with van der Waals surface area (Å²) < 4.78 is 10.3. The molecule has 1 aromatic heterocycles. The van der Waals surface area contributed by atoms with E-state index in [9.17, 15) is 4.79 Å². The average molecular weight is 203 g/mol. The molecule has 2 heterocycles. The second-order valence-electron chi connectivity index (χ2n) is 3.60. The molecule has 0 saturated carbocycles. The van der Waals surface area contributed by atoms with Gasteiger partial charge in [0.1, 0.15) is 11.6 Å². The number of rotatable bonds is 2. The molecule has 1 aliphatic rings. The van der Waals surface area contributed by atoms with Crippen LogP contribution in [-0.2, 0) is 4.74 Å². The summed E-state index contributed by atoms with van der Waals surface area (Å²) in [6.07, 6.45) is -0.244. The first-order chi connectivity index (χ1) is 7.24. The number of hydrogen-bond donors (Lipinski definition) is 0. The van der Waals surface area contributed by atoms with E-state index in [2.05, 4.69) is 4.98 Å². The minimum Gasteiger partial charge on any atom is -0.441 e. The molecule has 3 rings (SSSR count). The number of hydrogen-bond acceptors (Lipinski definition) is 4. The van der Waals surface area contributed by atoms with Crippen LogP contribution < -0.4 is 0 Å². The van der Waals surface area contributed by atoms with Gasteiger partial charge in [-0.05, 0) is 18.2 Å². The van der Waals surface area contributed by atoms with Gasteiger partial charge in [-0.25, -0.2) is 4.98 Å². The largest absolute Gasteiger partial charge is 0.441 e. The lowest BCUT2D eigenvalue weighted by atomic mass is 10.1. The van der Waals surface area contributed by atoms with Gasteiger partial charge in [0, 0.05) is 12.5 Å². The van der Waals surface area contributed by atoms with Crippen molar-refractivity contribution in [1.82, 2.24) is 4.98 Å². The molecule has 1 aliphatic heterocycles. The van der Waals surface area contributed by atoms with Crippen LogP contribution in [0.5, 0.6) is 0 Å². The summed E-state index contributed by atoms with van der Waals surface area (Å²) in [7, 11) is 0. The Labute approximate surface area is 85.9 Å². The molecule has 1 fully saturated rings. The van der Waals surface area contributed by atoms with E-state index in [-0.39, 0.29) is 11.9 Å². The highest BCUT2D eigenvalue weighted by Gasteiger charge is 2.32. The molecular weight excluding hydrogens is 194 g/mol. The van der Waals surface area contributed by atoms with Gasteiger partial charge in [0.25, 0.3) is 0 Å². The Kier molecular flexibility index (Phi) is 1.67. The third kappa shape index (κ3) is 1.43. The third-order valence-corrected chi connectivity index (χ3v) is 2.41. The van der Waals surface area contributed by atoms with Gasteiger partial charge in [0.05, 0.1) is 6.61 Å². The summed E-state index contributed by atoms with van der Waals surface area (Å²) in [6.45, 7) is 2.32. The van der Waals surface area contributed by atoms with Crippen LogP contribution in [0.15, 0.2) is 22.6 Å². The third-order valence-electron chi connectivity index (χ3n) is 2.41. The van der Waals surface area contributed by atoms with Crippen LogP contribution in [0.3, 0.4) is 0 Å². The Bertz CT molecular complexity index is 540. The lowest BCUT2D eigenvalue weighted by Crippen LogP contribution is -2.06.